The normalized spacial score (nSPS) is 14.9. The quantitative estimate of drug-likeness (QED) is 0.506. The Kier molecular flexibility index (Phi) is 4.57. The zero-order chi connectivity index (χ0) is 20.7. The summed E-state index contributed by atoms with van der Waals surface area (Å²) < 4.78 is 28.3. The summed E-state index contributed by atoms with van der Waals surface area (Å²) in [4.78, 5) is 3.79. The highest BCUT2D eigenvalue weighted by Crippen LogP contribution is 2.36. The number of aromatic nitrogens is 1. The van der Waals surface area contributed by atoms with Crippen LogP contribution in [0.4, 0.5) is 0 Å². The fraction of sp³-hybridized carbons (Fsp3) is 0.120. The van der Waals surface area contributed by atoms with Crippen molar-refractivity contribution < 1.29 is 8.42 Å². The van der Waals surface area contributed by atoms with Gasteiger partial charge in [-0.25, -0.2) is 8.42 Å². The standard InChI is InChI=1S/C25H22N2O2S/c1-18-11-13-20(14-12-18)30(28,29)27-16-15-21(19-7-3-2-4-8-19)25-22-9-5-6-10-23(22)26-24(25)17-27/h2-15,26H,16-17H2,1H3. The molecule has 150 valence electrons. The van der Waals surface area contributed by atoms with E-state index in [-0.39, 0.29) is 0 Å². The van der Waals surface area contributed by atoms with Crippen LogP contribution < -0.4 is 0 Å². The number of H-pyrrole nitrogens is 1. The molecule has 0 amide bonds. The molecule has 1 N–H and O–H groups in total. The van der Waals surface area contributed by atoms with Crippen LogP contribution in [-0.2, 0) is 16.6 Å². The molecule has 5 rings (SSSR count). The van der Waals surface area contributed by atoms with E-state index in [0.717, 1.165) is 38.9 Å². The Balaban J connectivity index is 1.67. The molecule has 0 atom stereocenters. The van der Waals surface area contributed by atoms with Crippen LogP contribution in [-0.4, -0.2) is 24.3 Å². The second-order valence-corrected chi connectivity index (χ2v) is 9.56. The van der Waals surface area contributed by atoms with E-state index < -0.39 is 10.0 Å². The minimum absolute atomic E-state index is 0.299. The van der Waals surface area contributed by atoms with Gasteiger partial charge in [-0.15, -0.1) is 0 Å². The van der Waals surface area contributed by atoms with Gasteiger partial charge >= 0.3 is 0 Å². The molecule has 0 bridgehead atoms. The van der Waals surface area contributed by atoms with E-state index >= 15 is 0 Å². The number of hydrogen-bond donors (Lipinski definition) is 1. The van der Waals surface area contributed by atoms with E-state index in [4.69, 9.17) is 0 Å². The van der Waals surface area contributed by atoms with E-state index in [1.54, 1.807) is 16.4 Å². The van der Waals surface area contributed by atoms with Gasteiger partial charge in [-0.2, -0.15) is 4.31 Å². The van der Waals surface area contributed by atoms with Gasteiger partial charge in [0.15, 0.2) is 0 Å². The lowest BCUT2D eigenvalue weighted by Gasteiger charge is -2.19. The van der Waals surface area contributed by atoms with Gasteiger partial charge < -0.3 is 4.98 Å². The average molecular weight is 415 g/mol. The zero-order valence-electron chi connectivity index (χ0n) is 16.7. The van der Waals surface area contributed by atoms with Crippen LogP contribution in [0.5, 0.6) is 0 Å². The van der Waals surface area contributed by atoms with Crippen molar-refractivity contribution in [2.75, 3.05) is 6.54 Å². The summed E-state index contributed by atoms with van der Waals surface area (Å²) in [6.07, 6.45) is 2.03. The molecular weight excluding hydrogens is 392 g/mol. The summed E-state index contributed by atoms with van der Waals surface area (Å²) in [5, 5.41) is 1.11. The molecule has 30 heavy (non-hydrogen) atoms. The number of hydrogen-bond acceptors (Lipinski definition) is 2. The minimum atomic E-state index is -3.62. The van der Waals surface area contributed by atoms with E-state index in [1.165, 1.54) is 0 Å². The molecule has 3 aromatic carbocycles. The van der Waals surface area contributed by atoms with Crippen LogP contribution in [0.15, 0.2) is 89.8 Å². The molecule has 5 heteroatoms. The molecule has 0 saturated heterocycles. The number of fused-ring (bicyclic) bond motifs is 3. The number of aryl methyl sites for hydroxylation is 1. The van der Waals surface area contributed by atoms with Crippen molar-refractivity contribution in [3.8, 4) is 0 Å². The van der Waals surface area contributed by atoms with Gasteiger partial charge in [0.25, 0.3) is 0 Å². The molecule has 1 aromatic heterocycles. The largest absolute Gasteiger partial charge is 0.357 e. The number of benzene rings is 3. The fourth-order valence-corrected chi connectivity index (χ4v) is 5.43. The molecule has 0 radical (unpaired) electrons. The minimum Gasteiger partial charge on any atom is -0.357 e. The third-order valence-electron chi connectivity index (χ3n) is 5.63. The number of nitrogens with zero attached hydrogens (tertiary/aromatic N) is 1. The van der Waals surface area contributed by atoms with Gasteiger partial charge in [0.05, 0.1) is 11.4 Å². The highest BCUT2D eigenvalue weighted by atomic mass is 32.2. The van der Waals surface area contributed by atoms with E-state index in [1.807, 2.05) is 61.5 Å². The Morgan fingerprint density at radius 2 is 1.57 bits per heavy atom. The fourth-order valence-electron chi connectivity index (χ4n) is 4.08. The highest BCUT2D eigenvalue weighted by molar-refractivity contribution is 7.89. The molecule has 4 nitrogen and oxygen atoms in total. The van der Waals surface area contributed by atoms with E-state index in [2.05, 4.69) is 23.2 Å². The molecule has 2 heterocycles. The third kappa shape index (κ3) is 3.16. The number of rotatable bonds is 3. The van der Waals surface area contributed by atoms with Gasteiger partial charge in [0.1, 0.15) is 0 Å². The van der Waals surface area contributed by atoms with Gasteiger partial charge in [-0.3, -0.25) is 0 Å². The predicted molar refractivity (Wildman–Crippen MR) is 121 cm³/mol. The zero-order valence-corrected chi connectivity index (χ0v) is 17.5. The van der Waals surface area contributed by atoms with Crippen LogP contribution in [0, 0.1) is 6.92 Å². The Bertz CT molecular complexity index is 1350. The first-order valence-corrected chi connectivity index (χ1v) is 11.4. The lowest BCUT2D eigenvalue weighted by atomic mass is 9.95. The van der Waals surface area contributed by atoms with Crippen molar-refractivity contribution in [3.05, 3.63) is 107 Å². The predicted octanol–water partition coefficient (Wildman–Crippen LogP) is 5.11. The van der Waals surface area contributed by atoms with Crippen molar-refractivity contribution >= 4 is 26.5 Å². The molecule has 4 aromatic rings. The van der Waals surface area contributed by atoms with Crippen LogP contribution >= 0.6 is 0 Å². The van der Waals surface area contributed by atoms with Crippen molar-refractivity contribution in [2.45, 2.75) is 18.4 Å². The summed E-state index contributed by atoms with van der Waals surface area (Å²) in [7, 11) is -3.62. The maximum atomic E-state index is 13.4. The number of para-hydroxylation sites is 1. The summed E-state index contributed by atoms with van der Waals surface area (Å²) in [5.41, 5.74) is 6.19. The monoisotopic (exact) mass is 414 g/mol. The Labute approximate surface area is 176 Å². The first-order valence-electron chi connectivity index (χ1n) is 9.96. The summed E-state index contributed by atoms with van der Waals surface area (Å²) in [6.45, 7) is 2.57. The topological polar surface area (TPSA) is 53.2 Å². The number of aromatic amines is 1. The van der Waals surface area contributed by atoms with Crippen LogP contribution in [0.25, 0.3) is 16.5 Å². The molecule has 0 saturated carbocycles. The SMILES string of the molecule is Cc1ccc(S(=O)(=O)N2CC=C(c3ccccc3)c3c([nH]c4ccccc34)C2)cc1. The first-order chi connectivity index (χ1) is 14.5. The van der Waals surface area contributed by atoms with Crippen molar-refractivity contribution in [2.24, 2.45) is 0 Å². The molecule has 0 unspecified atom stereocenters. The highest BCUT2D eigenvalue weighted by Gasteiger charge is 2.29. The van der Waals surface area contributed by atoms with Gasteiger partial charge in [-0.05, 0) is 36.3 Å². The van der Waals surface area contributed by atoms with Crippen molar-refractivity contribution in [1.29, 1.82) is 0 Å². The Morgan fingerprint density at radius 1 is 0.867 bits per heavy atom. The van der Waals surface area contributed by atoms with Gasteiger partial charge in [0, 0.05) is 28.7 Å². The van der Waals surface area contributed by atoms with E-state index in [9.17, 15) is 8.42 Å². The molecule has 1 aliphatic rings. The van der Waals surface area contributed by atoms with Gasteiger partial charge in [-0.1, -0.05) is 72.3 Å². The third-order valence-corrected chi connectivity index (χ3v) is 7.46. The van der Waals surface area contributed by atoms with E-state index in [0.29, 0.717) is 18.0 Å². The number of nitrogens with one attached hydrogen (secondary N) is 1. The lowest BCUT2D eigenvalue weighted by molar-refractivity contribution is 0.437. The molecule has 0 spiro atoms. The lowest BCUT2D eigenvalue weighted by Crippen LogP contribution is -2.30. The summed E-state index contributed by atoms with van der Waals surface area (Å²) in [5.74, 6) is 0. The maximum Gasteiger partial charge on any atom is 0.243 e. The van der Waals surface area contributed by atoms with Crippen LogP contribution in [0.3, 0.4) is 0 Å². The smallest absolute Gasteiger partial charge is 0.243 e. The van der Waals surface area contributed by atoms with Crippen LogP contribution in [0.2, 0.25) is 0 Å². The molecule has 0 aliphatic carbocycles. The molecule has 0 fully saturated rings. The second-order valence-electron chi connectivity index (χ2n) is 7.62. The van der Waals surface area contributed by atoms with Crippen molar-refractivity contribution in [1.82, 2.24) is 9.29 Å². The Morgan fingerprint density at radius 3 is 2.33 bits per heavy atom. The molecule has 1 aliphatic heterocycles. The Hall–Kier alpha value is -3.15. The summed E-state index contributed by atoms with van der Waals surface area (Å²) >= 11 is 0. The second kappa shape index (κ2) is 7.27. The maximum absolute atomic E-state index is 13.4. The average Bonchev–Trinajstić information content (AvgIpc) is 3.00. The first kappa shape index (κ1) is 18.9. The van der Waals surface area contributed by atoms with Gasteiger partial charge in [0.2, 0.25) is 10.0 Å². The summed E-state index contributed by atoms with van der Waals surface area (Å²) in [6, 6.07) is 25.3. The molecular formula is C25H22N2O2S. The van der Waals surface area contributed by atoms with Crippen molar-refractivity contribution in [3.63, 3.8) is 0 Å². The van der Waals surface area contributed by atoms with Crippen LogP contribution in [0.1, 0.15) is 22.4 Å². The number of sulfonamides is 1.